The summed E-state index contributed by atoms with van der Waals surface area (Å²) in [6, 6.07) is 16.4. The Morgan fingerprint density at radius 1 is 0.895 bits per heavy atom. The summed E-state index contributed by atoms with van der Waals surface area (Å²) in [6.07, 6.45) is 0.0770. The number of esters is 1. The molecule has 1 atom stereocenters. The Labute approximate surface area is 221 Å². The maximum absolute atomic E-state index is 13.5. The first-order valence-corrected chi connectivity index (χ1v) is 12.0. The molecule has 1 amide bonds. The van der Waals surface area contributed by atoms with Crippen molar-refractivity contribution in [2.45, 2.75) is 26.3 Å². The summed E-state index contributed by atoms with van der Waals surface area (Å²) in [5.74, 6) is -0.956. The zero-order valence-electron chi connectivity index (χ0n) is 21.9. The highest BCUT2D eigenvalue weighted by molar-refractivity contribution is 6.51. The zero-order valence-corrected chi connectivity index (χ0v) is 21.9. The van der Waals surface area contributed by atoms with Crippen LogP contribution in [0.3, 0.4) is 0 Å². The van der Waals surface area contributed by atoms with Crippen molar-refractivity contribution in [1.82, 2.24) is 0 Å². The number of rotatable bonds is 7. The van der Waals surface area contributed by atoms with Crippen LogP contribution in [0.5, 0.6) is 11.5 Å². The van der Waals surface area contributed by atoms with E-state index in [9.17, 15) is 19.5 Å². The summed E-state index contributed by atoms with van der Waals surface area (Å²) in [5, 5.41) is 11.5. The molecule has 1 heterocycles. The third-order valence-corrected chi connectivity index (χ3v) is 6.66. The number of Topliss-reactive ketones (excluding diaryl/α,β-unsaturated/α-hetero) is 1. The van der Waals surface area contributed by atoms with Crippen molar-refractivity contribution in [3.8, 4) is 11.5 Å². The maximum Gasteiger partial charge on any atom is 0.309 e. The van der Waals surface area contributed by atoms with Crippen LogP contribution in [0.4, 0.5) is 5.69 Å². The van der Waals surface area contributed by atoms with E-state index < -0.39 is 17.7 Å². The van der Waals surface area contributed by atoms with Crippen LogP contribution < -0.4 is 14.4 Å². The molecule has 1 unspecified atom stereocenters. The van der Waals surface area contributed by atoms with E-state index in [1.54, 1.807) is 81.8 Å². The number of aliphatic hydroxyl groups excluding tert-OH is 1. The van der Waals surface area contributed by atoms with E-state index in [0.717, 1.165) is 5.56 Å². The number of hydrogen-bond acceptors (Lipinski definition) is 7. The second-order valence-corrected chi connectivity index (χ2v) is 9.00. The minimum absolute atomic E-state index is 0.0218. The highest BCUT2D eigenvalue weighted by Gasteiger charge is 2.47. The number of carbonyl (C=O) groups excluding carboxylic acids is 3. The molecule has 1 N–H and O–H groups in total. The Bertz CT molecular complexity index is 1420. The molecule has 3 aromatic carbocycles. The van der Waals surface area contributed by atoms with Gasteiger partial charge in [0.2, 0.25) is 0 Å². The van der Waals surface area contributed by atoms with Gasteiger partial charge in [0.15, 0.2) is 0 Å². The molecule has 196 valence electrons. The molecule has 0 saturated carbocycles. The molecule has 0 spiro atoms. The lowest BCUT2D eigenvalue weighted by molar-refractivity contribution is -0.139. The largest absolute Gasteiger partial charge is 0.507 e. The number of anilines is 1. The van der Waals surface area contributed by atoms with Crippen LogP contribution in [-0.2, 0) is 25.5 Å². The van der Waals surface area contributed by atoms with E-state index in [1.165, 1.54) is 12.0 Å². The van der Waals surface area contributed by atoms with Crippen molar-refractivity contribution in [3.05, 3.63) is 94.1 Å². The van der Waals surface area contributed by atoms with Gasteiger partial charge in [-0.05, 0) is 72.5 Å². The fourth-order valence-electron chi connectivity index (χ4n) is 4.62. The lowest BCUT2D eigenvalue weighted by Gasteiger charge is -2.26. The predicted molar refractivity (Wildman–Crippen MR) is 142 cm³/mol. The molecule has 8 heteroatoms. The first kappa shape index (κ1) is 26.5. The fraction of sp³-hybridized carbons (Fsp3) is 0.233. The molecule has 0 aliphatic carbocycles. The first-order chi connectivity index (χ1) is 18.2. The fourth-order valence-corrected chi connectivity index (χ4v) is 4.62. The van der Waals surface area contributed by atoms with E-state index in [0.29, 0.717) is 39.4 Å². The standard InChI is InChI=1S/C30H29NO7/c1-17-15-24(37-4)18(2)14-23(17)28(33)26-27(20-8-12-22(36-3)13-9-20)31(30(35)29(26)34)21-10-6-19(7-11-21)16-25(32)38-5/h6-15,27,33H,16H2,1-5H3/b28-26+. The Morgan fingerprint density at radius 2 is 1.55 bits per heavy atom. The Morgan fingerprint density at radius 3 is 2.13 bits per heavy atom. The van der Waals surface area contributed by atoms with E-state index in [1.807, 2.05) is 6.92 Å². The summed E-state index contributed by atoms with van der Waals surface area (Å²) in [5.41, 5.74) is 3.64. The number of benzene rings is 3. The molecule has 1 aliphatic rings. The second-order valence-electron chi connectivity index (χ2n) is 9.00. The average molecular weight is 516 g/mol. The lowest BCUT2D eigenvalue weighted by atomic mass is 9.93. The predicted octanol–water partition coefficient (Wildman–Crippen LogP) is 4.66. The molecule has 1 aliphatic heterocycles. The Balaban J connectivity index is 1.88. The van der Waals surface area contributed by atoms with Crippen molar-refractivity contribution in [2.24, 2.45) is 0 Å². The Kier molecular flexibility index (Phi) is 7.52. The summed E-state index contributed by atoms with van der Waals surface area (Å²) >= 11 is 0. The van der Waals surface area contributed by atoms with E-state index in [4.69, 9.17) is 14.2 Å². The average Bonchev–Trinajstić information content (AvgIpc) is 3.19. The van der Waals surface area contributed by atoms with Gasteiger partial charge < -0.3 is 19.3 Å². The van der Waals surface area contributed by atoms with Gasteiger partial charge in [-0.2, -0.15) is 0 Å². The first-order valence-electron chi connectivity index (χ1n) is 12.0. The highest BCUT2D eigenvalue weighted by Crippen LogP contribution is 2.43. The minimum Gasteiger partial charge on any atom is -0.507 e. The third kappa shape index (κ3) is 4.85. The van der Waals surface area contributed by atoms with Crippen LogP contribution in [0.2, 0.25) is 0 Å². The van der Waals surface area contributed by atoms with Gasteiger partial charge in [-0.3, -0.25) is 19.3 Å². The maximum atomic E-state index is 13.5. The number of amides is 1. The molecule has 0 aromatic heterocycles. The number of methoxy groups -OCH3 is 3. The number of nitrogens with zero attached hydrogens (tertiary/aromatic N) is 1. The third-order valence-electron chi connectivity index (χ3n) is 6.66. The van der Waals surface area contributed by atoms with Crippen LogP contribution >= 0.6 is 0 Å². The van der Waals surface area contributed by atoms with Gasteiger partial charge in [0, 0.05) is 11.3 Å². The molecule has 3 aromatic rings. The molecule has 0 bridgehead atoms. The van der Waals surface area contributed by atoms with Crippen molar-refractivity contribution in [2.75, 3.05) is 26.2 Å². The summed E-state index contributed by atoms with van der Waals surface area (Å²) in [6.45, 7) is 3.64. The van der Waals surface area contributed by atoms with Crippen LogP contribution in [0.15, 0.2) is 66.2 Å². The zero-order chi connectivity index (χ0) is 27.6. The number of aliphatic hydroxyl groups is 1. The van der Waals surface area contributed by atoms with Gasteiger partial charge in [0.05, 0.1) is 39.4 Å². The molecule has 38 heavy (non-hydrogen) atoms. The molecule has 4 rings (SSSR count). The molecular weight excluding hydrogens is 486 g/mol. The van der Waals surface area contributed by atoms with Gasteiger partial charge in [-0.25, -0.2) is 0 Å². The van der Waals surface area contributed by atoms with Crippen LogP contribution in [0.1, 0.15) is 33.9 Å². The normalized spacial score (nSPS) is 16.4. The Hall–Kier alpha value is -4.59. The van der Waals surface area contributed by atoms with Gasteiger partial charge >= 0.3 is 5.97 Å². The van der Waals surface area contributed by atoms with E-state index >= 15 is 0 Å². The van der Waals surface area contributed by atoms with E-state index in [2.05, 4.69) is 0 Å². The van der Waals surface area contributed by atoms with Crippen LogP contribution in [0, 0.1) is 13.8 Å². The molecular formula is C30H29NO7. The number of ether oxygens (including phenoxy) is 3. The van der Waals surface area contributed by atoms with Gasteiger partial charge in [0.1, 0.15) is 17.3 Å². The SMILES string of the molecule is COC(=O)Cc1ccc(N2C(=O)C(=O)/C(=C(/O)c3cc(C)c(OC)cc3C)C2c2ccc(OC)cc2)cc1. The van der Waals surface area contributed by atoms with E-state index in [-0.39, 0.29) is 23.7 Å². The van der Waals surface area contributed by atoms with Crippen LogP contribution in [0.25, 0.3) is 5.76 Å². The van der Waals surface area contributed by atoms with Gasteiger partial charge in [-0.15, -0.1) is 0 Å². The topological polar surface area (TPSA) is 102 Å². The van der Waals surface area contributed by atoms with Crippen LogP contribution in [-0.4, -0.2) is 44.1 Å². The summed E-state index contributed by atoms with van der Waals surface area (Å²) in [4.78, 5) is 39.9. The van der Waals surface area contributed by atoms with Gasteiger partial charge in [-0.1, -0.05) is 24.3 Å². The summed E-state index contributed by atoms with van der Waals surface area (Å²) in [7, 11) is 4.43. The molecule has 8 nitrogen and oxygen atoms in total. The monoisotopic (exact) mass is 515 g/mol. The lowest BCUT2D eigenvalue weighted by Crippen LogP contribution is -2.29. The molecule has 0 radical (unpaired) electrons. The number of ketones is 1. The smallest absolute Gasteiger partial charge is 0.309 e. The van der Waals surface area contributed by atoms with Crippen molar-refractivity contribution >= 4 is 29.1 Å². The van der Waals surface area contributed by atoms with Crippen molar-refractivity contribution in [3.63, 3.8) is 0 Å². The van der Waals surface area contributed by atoms with Gasteiger partial charge in [0.25, 0.3) is 11.7 Å². The highest BCUT2D eigenvalue weighted by atomic mass is 16.5. The quantitative estimate of drug-likeness (QED) is 0.211. The van der Waals surface area contributed by atoms with Crippen molar-refractivity contribution < 1.29 is 33.7 Å². The molecule has 1 saturated heterocycles. The summed E-state index contributed by atoms with van der Waals surface area (Å²) < 4.78 is 15.4. The second kappa shape index (κ2) is 10.8. The van der Waals surface area contributed by atoms with Crippen molar-refractivity contribution in [1.29, 1.82) is 0 Å². The molecule has 1 fully saturated rings. The minimum atomic E-state index is -0.894. The number of hydrogen-bond donors (Lipinski definition) is 1. The number of aryl methyl sites for hydroxylation is 2. The number of carbonyl (C=O) groups is 3.